The maximum absolute atomic E-state index is 12.4. The first kappa shape index (κ1) is 20.9. The first-order valence-electron chi connectivity index (χ1n) is 10.1. The van der Waals surface area contributed by atoms with Gasteiger partial charge in [-0.15, -0.1) is 0 Å². The van der Waals surface area contributed by atoms with Crippen molar-refractivity contribution in [3.05, 3.63) is 59.7 Å². The van der Waals surface area contributed by atoms with Crippen LogP contribution in [0.3, 0.4) is 0 Å². The van der Waals surface area contributed by atoms with Gasteiger partial charge in [0, 0.05) is 37.6 Å². The molecule has 0 saturated carbocycles. The van der Waals surface area contributed by atoms with Crippen molar-refractivity contribution in [2.24, 2.45) is 0 Å². The number of carbonyl (C=O) groups excluding carboxylic acids is 2. The standard InChI is InChI=1S/C23H29N3O3/c1-17(2)29-23(28)19-8-10-20(11-9-19)24-22(27)16-25-12-14-26(15-13-25)21-7-5-4-6-18(21)3/h4-11,17H,12-16H2,1-3H3,(H,24,27). The molecule has 0 bridgehead atoms. The smallest absolute Gasteiger partial charge is 0.338 e. The molecular formula is C23H29N3O3. The van der Waals surface area contributed by atoms with Gasteiger partial charge in [-0.05, 0) is 56.7 Å². The number of anilines is 2. The van der Waals surface area contributed by atoms with Gasteiger partial charge >= 0.3 is 5.97 Å². The molecule has 1 fully saturated rings. The van der Waals surface area contributed by atoms with Crippen LogP contribution in [-0.2, 0) is 9.53 Å². The SMILES string of the molecule is Cc1ccccc1N1CCN(CC(=O)Nc2ccc(C(=O)OC(C)C)cc2)CC1. The average molecular weight is 396 g/mol. The highest BCUT2D eigenvalue weighted by Gasteiger charge is 2.20. The molecule has 0 unspecified atom stereocenters. The van der Waals surface area contributed by atoms with Crippen LogP contribution >= 0.6 is 0 Å². The predicted molar refractivity (Wildman–Crippen MR) is 115 cm³/mol. The summed E-state index contributed by atoms with van der Waals surface area (Å²) in [6.07, 6.45) is -0.159. The second-order valence-electron chi connectivity index (χ2n) is 7.63. The van der Waals surface area contributed by atoms with Gasteiger partial charge in [-0.1, -0.05) is 18.2 Å². The summed E-state index contributed by atoms with van der Waals surface area (Å²) < 4.78 is 5.17. The van der Waals surface area contributed by atoms with Gasteiger partial charge in [0.2, 0.25) is 5.91 Å². The van der Waals surface area contributed by atoms with Crippen molar-refractivity contribution in [3.63, 3.8) is 0 Å². The molecule has 0 atom stereocenters. The monoisotopic (exact) mass is 395 g/mol. The fourth-order valence-electron chi connectivity index (χ4n) is 3.44. The molecule has 0 aliphatic carbocycles. The molecule has 1 heterocycles. The van der Waals surface area contributed by atoms with Crippen LogP contribution in [0.15, 0.2) is 48.5 Å². The molecule has 2 aromatic rings. The molecule has 1 N–H and O–H groups in total. The summed E-state index contributed by atoms with van der Waals surface area (Å²) >= 11 is 0. The van der Waals surface area contributed by atoms with Crippen molar-refractivity contribution in [2.45, 2.75) is 26.9 Å². The zero-order valence-electron chi connectivity index (χ0n) is 17.4. The number of nitrogens with zero attached hydrogens (tertiary/aromatic N) is 2. The summed E-state index contributed by atoms with van der Waals surface area (Å²) in [6, 6.07) is 15.2. The molecule has 0 aromatic heterocycles. The van der Waals surface area contributed by atoms with E-state index in [1.807, 2.05) is 13.8 Å². The van der Waals surface area contributed by atoms with Gasteiger partial charge in [-0.3, -0.25) is 9.69 Å². The summed E-state index contributed by atoms with van der Waals surface area (Å²) in [5, 5.41) is 2.90. The number of hydrogen-bond donors (Lipinski definition) is 1. The number of para-hydroxylation sites is 1. The van der Waals surface area contributed by atoms with Crippen LogP contribution in [0.4, 0.5) is 11.4 Å². The number of aryl methyl sites for hydroxylation is 1. The van der Waals surface area contributed by atoms with E-state index in [0.717, 1.165) is 26.2 Å². The van der Waals surface area contributed by atoms with Crippen LogP contribution in [0.1, 0.15) is 29.8 Å². The Hall–Kier alpha value is -2.86. The topological polar surface area (TPSA) is 61.9 Å². The third-order valence-electron chi connectivity index (χ3n) is 4.94. The van der Waals surface area contributed by atoms with Crippen LogP contribution in [0.5, 0.6) is 0 Å². The number of ether oxygens (including phenoxy) is 1. The van der Waals surface area contributed by atoms with Crippen molar-refractivity contribution < 1.29 is 14.3 Å². The van der Waals surface area contributed by atoms with Gasteiger partial charge in [-0.2, -0.15) is 0 Å². The molecular weight excluding hydrogens is 366 g/mol. The highest BCUT2D eigenvalue weighted by Crippen LogP contribution is 2.20. The Balaban J connectivity index is 1.47. The minimum atomic E-state index is -0.357. The minimum absolute atomic E-state index is 0.0492. The highest BCUT2D eigenvalue weighted by molar-refractivity contribution is 5.94. The Morgan fingerprint density at radius 1 is 1.00 bits per heavy atom. The molecule has 0 radical (unpaired) electrons. The normalized spacial score (nSPS) is 14.7. The molecule has 154 valence electrons. The Kier molecular flexibility index (Phi) is 6.88. The quantitative estimate of drug-likeness (QED) is 0.761. The molecule has 3 rings (SSSR count). The zero-order chi connectivity index (χ0) is 20.8. The van der Waals surface area contributed by atoms with E-state index >= 15 is 0 Å². The number of amides is 1. The number of benzene rings is 2. The van der Waals surface area contributed by atoms with Crippen molar-refractivity contribution >= 4 is 23.3 Å². The van der Waals surface area contributed by atoms with Crippen LogP contribution < -0.4 is 10.2 Å². The van der Waals surface area contributed by atoms with Gasteiger partial charge in [0.05, 0.1) is 18.2 Å². The third-order valence-corrected chi connectivity index (χ3v) is 4.94. The van der Waals surface area contributed by atoms with Crippen LogP contribution in [0, 0.1) is 6.92 Å². The fraction of sp³-hybridized carbons (Fsp3) is 0.391. The summed E-state index contributed by atoms with van der Waals surface area (Å²) in [4.78, 5) is 28.8. The maximum Gasteiger partial charge on any atom is 0.338 e. The van der Waals surface area contributed by atoms with E-state index in [4.69, 9.17) is 4.74 Å². The Bertz CT molecular complexity index is 841. The van der Waals surface area contributed by atoms with E-state index in [2.05, 4.69) is 46.3 Å². The predicted octanol–water partition coefficient (Wildman–Crippen LogP) is 3.32. The molecule has 0 spiro atoms. The van der Waals surface area contributed by atoms with E-state index in [1.54, 1.807) is 24.3 Å². The molecule has 1 aliphatic rings. The van der Waals surface area contributed by atoms with Gasteiger partial charge in [0.15, 0.2) is 0 Å². The Morgan fingerprint density at radius 2 is 1.66 bits per heavy atom. The van der Waals surface area contributed by atoms with Gasteiger partial charge in [-0.25, -0.2) is 4.79 Å². The number of hydrogen-bond acceptors (Lipinski definition) is 5. The average Bonchev–Trinajstić information content (AvgIpc) is 2.69. The van der Waals surface area contributed by atoms with E-state index in [9.17, 15) is 9.59 Å². The number of rotatable bonds is 6. The molecule has 1 amide bonds. The number of piperazine rings is 1. The van der Waals surface area contributed by atoms with Crippen molar-refractivity contribution in [2.75, 3.05) is 42.9 Å². The third kappa shape index (κ3) is 5.81. The van der Waals surface area contributed by atoms with E-state index in [0.29, 0.717) is 17.8 Å². The van der Waals surface area contributed by atoms with Crippen LogP contribution in [0.2, 0.25) is 0 Å². The lowest BCUT2D eigenvalue weighted by atomic mass is 10.1. The number of nitrogens with one attached hydrogen (secondary N) is 1. The fourth-order valence-corrected chi connectivity index (χ4v) is 3.44. The molecule has 6 heteroatoms. The second kappa shape index (κ2) is 9.56. The maximum atomic E-state index is 12.4. The molecule has 6 nitrogen and oxygen atoms in total. The van der Waals surface area contributed by atoms with E-state index < -0.39 is 0 Å². The zero-order valence-corrected chi connectivity index (χ0v) is 17.4. The summed E-state index contributed by atoms with van der Waals surface area (Å²) in [6.45, 7) is 9.63. The van der Waals surface area contributed by atoms with E-state index in [-0.39, 0.29) is 18.0 Å². The van der Waals surface area contributed by atoms with Crippen LogP contribution in [-0.4, -0.2) is 55.6 Å². The Labute approximate surface area is 172 Å². The molecule has 1 saturated heterocycles. The largest absolute Gasteiger partial charge is 0.459 e. The first-order valence-corrected chi connectivity index (χ1v) is 10.1. The molecule has 1 aliphatic heterocycles. The lowest BCUT2D eigenvalue weighted by molar-refractivity contribution is -0.117. The summed E-state index contributed by atoms with van der Waals surface area (Å²) in [7, 11) is 0. The van der Waals surface area contributed by atoms with Crippen molar-refractivity contribution in [1.29, 1.82) is 0 Å². The highest BCUT2D eigenvalue weighted by atomic mass is 16.5. The Morgan fingerprint density at radius 3 is 2.28 bits per heavy atom. The lowest BCUT2D eigenvalue weighted by Gasteiger charge is -2.36. The first-order chi connectivity index (χ1) is 13.9. The second-order valence-corrected chi connectivity index (χ2v) is 7.63. The van der Waals surface area contributed by atoms with Crippen LogP contribution in [0.25, 0.3) is 0 Å². The summed E-state index contributed by atoms with van der Waals surface area (Å²) in [5.41, 5.74) is 3.70. The molecule has 29 heavy (non-hydrogen) atoms. The van der Waals surface area contributed by atoms with Crippen molar-refractivity contribution in [1.82, 2.24) is 4.90 Å². The number of carbonyl (C=O) groups is 2. The summed E-state index contributed by atoms with van der Waals surface area (Å²) in [5.74, 6) is -0.406. The van der Waals surface area contributed by atoms with Gasteiger partial charge in [0.25, 0.3) is 0 Å². The van der Waals surface area contributed by atoms with Crippen molar-refractivity contribution in [3.8, 4) is 0 Å². The minimum Gasteiger partial charge on any atom is -0.459 e. The van der Waals surface area contributed by atoms with E-state index in [1.165, 1.54) is 11.3 Å². The molecule has 2 aromatic carbocycles. The van der Waals surface area contributed by atoms with Gasteiger partial charge in [0.1, 0.15) is 0 Å². The lowest BCUT2D eigenvalue weighted by Crippen LogP contribution is -2.48. The van der Waals surface area contributed by atoms with Gasteiger partial charge < -0.3 is 15.0 Å². The number of esters is 1.